The maximum Gasteiger partial charge on any atom is 0.260 e. The summed E-state index contributed by atoms with van der Waals surface area (Å²) in [6, 6.07) is 0. The molecule has 6 heteroatoms. The lowest BCUT2D eigenvalue weighted by molar-refractivity contribution is -0.153. The molecule has 0 N–H and O–H groups in total. The second-order valence-corrected chi connectivity index (χ2v) is 6.87. The van der Waals surface area contributed by atoms with Gasteiger partial charge in [0.15, 0.2) is 5.67 Å². The van der Waals surface area contributed by atoms with E-state index in [1.54, 1.807) is 12.0 Å². The maximum atomic E-state index is 14.3. The van der Waals surface area contributed by atoms with E-state index in [1.165, 1.54) is 0 Å². The molecule has 22 heavy (non-hydrogen) atoms. The summed E-state index contributed by atoms with van der Waals surface area (Å²) in [6.45, 7) is 2.25. The maximum absolute atomic E-state index is 14.3. The van der Waals surface area contributed by atoms with Crippen LogP contribution in [-0.4, -0.2) is 66.2 Å². The Balaban J connectivity index is 1.62. The summed E-state index contributed by atoms with van der Waals surface area (Å²) in [7, 11) is 1.63. The first kappa shape index (κ1) is 15.7. The molecule has 0 bridgehead atoms. The largest absolute Gasteiger partial charge is 0.383 e. The summed E-state index contributed by atoms with van der Waals surface area (Å²) in [5.74, 6) is -0.154. The zero-order chi connectivity index (χ0) is 15.8. The molecule has 2 heterocycles. The van der Waals surface area contributed by atoms with Gasteiger partial charge >= 0.3 is 0 Å². The Labute approximate surface area is 130 Å². The van der Waals surface area contributed by atoms with Crippen LogP contribution in [0.1, 0.15) is 44.9 Å². The summed E-state index contributed by atoms with van der Waals surface area (Å²) < 4.78 is 19.4. The Morgan fingerprint density at radius 2 is 1.91 bits per heavy atom. The van der Waals surface area contributed by atoms with Crippen molar-refractivity contribution in [1.82, 2.24) is 9.80 Å². The van der Waals surface area contributed by atoms with Gasteiger partial charge in [-0.05, 0) is 38.5 Å². The zero-order valence-corrected chi connectivity index (χ0v) is 13.3. The lowest BCUT2D eigenvalue weighted by Crippen LogP contribution is -2.58. The number of hydrogen-bond donors (Lipinski definition) is 0. The van der Waals surface area contributed by atoms with Crippen LogP contribution < -0.4 is 0 Å². The number of likely N-dealkylation sites (tertiary alicyclic amines) is 2. The summed E-state index contributed by atoms with van der Waals surface area (Å²) in [6.07, 6.45) is 4.47. The normalized spacial score (nSPS) is 26.4. The third-order valence-electron chi connectivity index (χ3n) is 5.71. The number of carbonyl (C=O) groups excluding carboxylic acids is 2. The van der Waals surface area contributed by atoms with Gasteiger partial charge in [0.1, 0.15) is 0 Å². The smallest absolute Gasteiger partial charge is 0.260 e. The Hall–Kier alpha value is -1.17. The number of rotatable bonds is 4. The molecule has 0 atom stereocenters. The summed E-state index contributed by atoms with van der Waals surface area (Å²) in [5, 5.41) is 0. The van der Waals surface area contributed by atoms with Crippen molar-refractivity contribution in [2.75, 3.05) is 33.4 Å². The van der Waals surface area contributed by atoms with Crippen LogP contribution in [0.15, 0.2) is 0 Å². The fourth-order valence-electron chi connectivity index (χ4n) is 4.05. The number of piperidine rings is 1. The van der Waals surface area contributed by atoms with Crippen LogP contribution in [-0.2, 0) is 14.3 Å². The Kier molecular flexibility index (Phi) is 4.14. The van der Waals surface area contributed by atoms with Crippen molar-refractivity contribution >= 4 is 11.8 Å². The van der Waals surface area contributed by atoms with Crippen molar-refractivity contribution in [1.29, 1.82) is 0 Å². The Morgan fingerprint density at radius 1 is 1.23 bits per heavy atom. The van der Waals surface area contributed by atoms with Crippen LogP contribution in [0.25, 0.3) is 0 Å². The van der Waals surface area contributed by atoms with Crippen LogP contribution in [0, 0.1) is 0 Å². The van der Waals surface area contributed by atoms with Crippen LogP contribution in [0.5, 0.6) is 0 Å². The van der Waals surface area contributed by atoms with Crippen molar-refractivity contribution in [3.8, 4) is 0 Å². The van der Waals surface area contributed by atoms with Crippen molar-refractivity contribution < 1.29 is 18.7 Å². The average molecular weight is 312 g/mol. The molecule has 0 unspecified atom stereocenters. The van der Waals surface area contributed by atoms with Crippen molar-refractivity contribution in [2.45, 2.75) is 56.2 Å². The fraction of sp³-hybridized carbons (Fsp3) is 0.875. The second kappa shape index (κ2) is 5.80. The van der Waals surface area contributed by atoms with Crippen LogP contribution in [0.2, 0.25) is 0 Å². The first-order valence-electron chi connectivity index (χ1n) is 8.28. The minimum atomic E-state index is -1.61. The molecule has 1 spiro atoms. The van der Waals surface area contributed by atoms with Gasteiger partial charge in [-0.2, -0.15) is 0 Å². The number of methoxy groups -OCH3 is 1. The molecule has 0 radical (unpaired) electrons. The van der Waals surface area contributed by atoms with Gasteiger partial charge in [-0.3, -0.25) is 9.59 Å². The molecule has 3 fully saturated rings. The molecule has 124 valence electrons. The number of carbonyl (C=O) groups is 2. The number of ether oxygens (including phenoxy) is 1. The fourth-order valence-corrected chi connectivity index (χ4v) is 4.05. The molecule has 0 aromatic rings. The van der Waals surface area contributed by atoms with Gasteiger partial charge in [-0.25, -0.2) is 4.39 Å². The van der Waals surface area contributed by atoms with Gasteiger partial charge in [0.2, 0.25) is 5.91 Å². The lowest BCUT2D eigenvalue weighted by Gasteiger charge is -2.47. The Bertz CT molecular complexity index is 456. The van der Waals surface area contributed by atoms with E-state index >= 15 is 0 Å². The molecule has 1 aliphatic carbocycles. The number of hydrogen-bond acceptors (Lipinski definition) is 3. The predicted molar refractivity (Wildman–Crippen MR) is 79.1 cm³/mol. The Morgan fingerprint density at radius 3 is 2.45 bits per heavy atom. The van der Waals surface area contributed by atoms with E-state index < -0.39 is 5.67 Å². The standard InChI is InChI=1S/C16H25FN2O3/c1-22-12-11-19-13(20)3-6-15(19)7-9-18(10-8-15)14(21)16(17)4-2-5-16/h2-12H2,1H3. The topological polar surface area (TPSA) is 49.9 Å². The van der Waals surface area contributed by atoms with E-state index in [0.29, 0.717) is 45.5 Å². The van der Waals surface area contributed by atoms with E-state index in [2.05, 4.69) is 0 Å². The van der Waals surface area contributed by atoms with Crippen LogP contribution in [0.4, 0.5) is 4.39 Å². The molecule has 1 saturated carbocycles. The third kappa shape index (κ3) is 2.51. The molecule has 0 aromatic heterocycles. The van der Waals surface area contributed by atoms with Crippen LogP contribution >= 0.6 is 0 Å². The molecule has 0 aromatic carbocycles. The first-order valence-corrected chi connectivity index (χ1v) is 8.28. The van der Waals surface area contributed by atoms with Gasteiger partial charge in [-0.1, -0.05) is 0 Å². The van der Waals surface area contributed by atoms with Crippen molar-refractivity contribution in [2.24, 2.45) is 0 Å². The second-order valence-electron chi connectivity index (χ2n) is 6.87. The van der Waals surface area contributed by atoms with Gasteiger partial charge in [0, 0.05) is 38.7 Å². The highest BCUT2D eigenvalue weighted by molar-refractivity contribution is 5.86. The highest BCUT2D eigenvalue weighted by Crippen LogP contribution is 2.42. The van der Waals surface area contributed by atoms with Gasteiger partial charge < -0.3 is 14.5 Å². The zero-order valence-electron chi connectivity index (χ0n) is 13.3. The first-order chi connectivity index (χ1) is 10.5. The van der Waals surface area contributed by atoms with Gasteiger partial charge in [0.05, 0.1) is 6.61 Å². The molecule has 5 nitrogen and oxygen atoms in total. The quantitative estimate of drug-likeness (QED) is 0.790. The molecular formula is C16H25FN2O3. The van der Waals surface area contributed by atoms with Crippen molar-refractivity contribution in [3.63, 3.8) is 0 Å². The van der Waals surface area contributed by atoms with E-state index in [9.17, 15) is 14.0 Å². The summed E-state index contributed by atoms with van der Waals surface area (Å²) in [5.41, 5.74) is -1.75. The molecular weight excluding hydrogens is 287 g/mol. The van der Waals surface area contributed by atoms with E-state index in [-0.39, 0.29) is 17.4 Å². The average Bonchev–Trinajstić information content (AvgIpc) is 2.79. The monoisotopic (exact) mass is 312 g/mol. The number of halogens is 1. The lowest BCUT2D eigenvalue weighted by atomic mass is 9.79. The molecule has 3 rings (SSSR count). The number of amides is 2. The molecule has 2 amide bonds. The SMILES string of the molecule is COCCN1C(=O)CCC12CCN(C(=O)C1(F)CCC1)CC2. The molecule has 2 saturated heterocycles. The van der Waals surface area contributed by atoms with E-state index in [1.807, 2.05) is 4.90 Å². The highest BCUT2D eigenvalue weighted by Gasteiger charge is 2.51. The third-order valence-corrected chi connectivity index (χ3v) is 5.71. The summed E-state index contributed by atoms with van der Waals surface area (Å²) in [4.78, 5) is 28.0. The minimum absolute atomic E-state index is 0.143. The van der Waals surface area contributed by atoms with Gasteiger partial charge in [0.25, 0.3) is 5.91 Å². The molecule has 3 aliphatic rings. The molecule has 2 aliphatic heterocycles. The van der Waals surface area contributed by atoms with Crippen LogP contribution in [0.3, 0.4) is 0 Å². The van der Waals surface area contributed by atoms with Crippen molar-refractivity contribution in [3.05, 3.63) is 0 Å². The summed E-state index contributed by atoms with van der Waals surface area (Å²) >= 11 is 0. The number of nitrogens with zero attached hydrogens (tertiary/aromatic N) is 2. The van der Waals surface area contributed by atoms with Gasteiger partial charge in [-0.15, -0.1) is 0 Å². The van der Waals surface area contributed by atoms with E-state index in [0.717, 1.165) is 25.7 Å². The minimum Gasteiger partial charge on any atom is -0.383 e. The predicted octanol–water partition coefficient (Wildman–Crippen LogP) is 1.51. The number of alkyl halides is 1. The highest BCUT2D eigenvalue weighted by atomic mass is 19.1. The van der Waals surface area contributed by atoms with E-state index in [4.69, 9.17) is 4.74 Å².